The van der Waals surface area contributed by atoms with E-state index in [0.29, 0.717) is 40.4 Å². The van der Waals surface area contributed by atoms with Gasteiger partial charge < -0.3 is 14.8 Å². The molecule has 0 spiro atoms. The van der Waals surface area contributed by atoms with E-state index in [-0.39, 0.29) is 6.42 Å². The molecule has 2 N–H and O–H groups in total. The van der Waals surface area contributed by atoms with Gasteiger partial charge in [0.2, 0.25) is 11.8 Å². The number of halogens is 2. The molecule has 9 heteroatoms. The van der Waals surface area contributed by atoms with E-state index in [1.165, 1.54) is 6.21 Å². The highest BCUT2D eigenvalue weighted by atomic mass is 79.9. The van der Waals surface area contributed by atoms with Crippen molar-refractivity contribution < 1.29 is 19.1 Å². The Morgan fingerprint density at radius 1 is 0.941 bits per heavy atom. The van der Waals surface area contributed by atoms with E-state index in [1.54, 1.807) is 30.3 Å². The first-order valence-corrected chi connectivity index (χ1v) is 12.0. The zero-order valence-electron chi connectivity index (χ0n) is 18.4. The Kier molecular flexibility index (Phi) is 9.66. The average Bonchev–Trinajstić information content (AvgIpc) is 2.81. The first-order valence-electron chi connectivity index (χ1n) is 10.5. The number of hydrogen-bond acceptors (Lipinski definition) is 5. The summed E-state index contributed by atoms with van der Waals surface area (Å²) < 4.78 is 13.1. The van der Waals surface area contributed by atoms with Gasteiger partial charge >= 0.3 is 0 Å². The third-order valence-electron chi connectivity index (χ3n) is 4.43. The number of hydrogen-bond donors (Lipinski definition) is 2. The fourth-order valence-electron chi connectivity index (χ4n) is 2.92. The molecule has 3 rings (SSSR count). The van der Waals surface area contributed by atoms with Gasteiger partial charge in [-0.3, -0.25) is 9.59 Å². The van der Waals surface area contributed by atoms with E-state index in [4.69, 9.17) is 9.47 Å². The van der Waals surface area contributed by atoms with Crippen LogP contribution in [-0.4, -0.2) is 24.6 Å². The van der Waals surface area contributed by atoms with Crippen molar-refractivity contribution in [1.29, 1.82) is 0 Å². The Bertz CT molecular complexity index is 1170. The van der Waals surface area contributed by atoms with Crippen LogP contribution in [0.15, 0.2) is 80.8 Å². The highest BCUT2D eigenvalue weighted by molar-refractivity contribution is 9.11. The van der Waals surface area contributed by atoms with E-state index in [0.717, 1.165) is 10.0 Å². The quantitative estimate of drug-likeness (QED) is 0.181. The van der Waals surface area contributed by atoms with Crippen molar-refractivity contribution >= 4 is 55.6 Å². The minimum absolute atomic E-state index is 0.362. The highest BCUT2D eigenvalue weighted by Crippen LogP contribution is 2.37. The van der Waals surface area contributed by atoms with Gasteiger partial charge in [-0.25, -0.2) is 5.43 Å². The van der Waals surface area contributed by atoms with Gasteiger partial charge in [-0.2, -0.15) is 5.10 Å². The zero-order chi connectivity index (χ0) is 24.3. The van der Waals surface area contributed by atoms with Crippen molar-refractivity contribution in [2.24, 2.45) is 5.10 Å². The minimum Gasteiger partial charge on any atom is -0.490 e. The molecule has 3 aromatic carbocycles. The fourth-order valence-corrected chi connectivity index (χ4v) is 3.87. The van der Waals surface area contributed by atoms with Gasteiger partial charge in [-0.05, 0) is 74.2 Å². The number of nitrogens with zero attached hydrogens (tertiary/aromatic N) is 1. The maximum atomic E-state index is 12.1. The van der Waals surface area contributed by atoms with E-state index >= 15 is 0 Å². The Balaban J connectivity index is 1.59. The number of carbonyl (C=O) groups is 2. The van der Waals surface area contributed by atoms with E-state index in [1.807, 2.05) is 43.3 Å². The average molecular weight is 589 g/mol. The normalized spacial score (nSPS) is 10.7. The molecule has 176 valence electrons. The minimum atomic E-state index is -0.535. The number of para-hydroxylation sites is 1. The molecule has 0 unspecified atom stereocenters. The molecule has 0 heterocycles. The van der Waals surface area contributed by atoms with Crippen LogP contribution in [0.3, 0.4) is 0 Å². The first kappa shape index (κ1) is 25.5. The molecule has 0 aromatic heterocycles. The molecule has 7 nitrogen and oxygen atoms in total. The van der Waals surface area contributed by atoms with Crippen molar-refractivity contribution in [3.05, 3.63) is 86.8 Å². The number of carbonyl (C=O) groups excluding carboxylic acids is 2. The summed E-state index contributed by atoms with van der Waals surface area (Å²) in [4.78, 5) is 24.2. The molecular weight excluding hydrogens is 566 g/mol. The molecule has 0 atom stereocenters. The maximum absolute atomic E-state index is 12.1. The Morgan fingerprint density at radius 3 is 2.41 bits per heavy atom. The van der Waals surface area contributed by atoms with Crippen LogP contribution in [0.25, 0.3) is 0 Å². The predicted octanol–water partition coefficient (Wildman–Crippen LogP) is 5.67. The highest BCUT2D eigenvalue weighted by Gasteiger charge is 2.13. The summed E-state index contributed by atoms with van der Waals surface area (Å²) in [5.41, 5.74) is 4.67. The Hall–Kier alpha value is -3.17. The van der Waals surface area contributed by atoms with Crippen LogP contribution < -0.4 is 20.2 Å². The summed E-state index contributed by atoms with van der Waals surface area (Å²) in [6.45, 7) is 2.73. The summed E-state index contributed by atoms with van der Waals surface area (Å²) in [5.74, 6) is 0.151. The largest absolute Gasteiger partial charge is 0.490 e. The third-order valence-corrected chi connectivity index (χ3v) is 5.71. The summed E-state index contributed by atoms with van der Waals surface area (Å²) >= 11 is 6.87. The SMILES string of the molecule is CCOc1cc(C=NNC(=O)CC(=O)Nc2ccccc2Br)cc(Br)c1OCc1ccccc1. The molecule has 3 aromatic rings. The van der Waals surface area contributed by atoms with Crippen molar-refractivity contribution in [1.82, 2.24) is 5.43 Å². The fraction of sp³-hybridized carbons (Fsp3) is 0.160. The maximum Gasteiger partial charge on any atom is 0.249 e. The van der Waals surface area contributed by atoms with Gasteiger partial charge in [-0.15, -0.1) is 0 Å². The predicted molar refractivity (Wildman–Crippen MR) is 139 cm³/mol. The van der Waals surface area contributed by atoms with Crippen LogP contribution in [0.2, 0.25) is 0 Å². The van der Waals surface area contributed by atoms with Crippen molar-refractivity contribution in [3.8, 4) is 11.5 Å². The second-order valence-corrected chi connectivity index (χ2v) is 8.74. The molecule has 0 bridgehead atoms. The number of amides is 2. The summed E-state index contributed by atoms with van der Waals surface area (Å²) in [7, 11) is 0. The third kappa shape index (κ3) is 7.71. The Morgan fingerprint density at radius 2 is 1.68 bits per heavy atom. The lowest BCUT2D eigenvalue weighted by Gasteiger charge is -2.14. The standard InChI is InChI=1S/C25H23Br2N3O4/c1-2-33-22-13-18(12-20(27)25(22)34-16-17-8-4-3-5-9-17)15-28-30-24(32)14-23(31)29-21-11-7-6-10-19(21)26/h3-13,15H,2,14,16H2,1H3,(H,29,31)(H,30,32). The molecule has 0 saturated heterocycles. The number of benzene rings is 3. The molecule has 0 radical (unpaired) electrons. The number of hydrazone groups is 1. The number of nitrogens with one attached hydrogen (secondary N) is 2. The summed E-state index contributed by atoms with van der Waals surface area (Å²) in [6.07, 6.45) is 1.11. The van der Waals surface area contributed by atoms with Crippen LogP contribution in [0, 0.1) is 0 Å². The van der Waals surface area contributed by atoms with Crippen LogP contribution in [0.1, 0.15) is 24.5 Å². The molecule has 0 fully saturated rings. The lowest BCUT2D eigenvalue weighted by molar-refractivity contribution is -0.126. The van der Waals surface area contributed by atoms with Gasteiger partial charge in [0.1, 0.15) is 13.0 Å². The van der Waals surface area contributed by atoms with Gasteiger partial charge in [0, 0.05) is 4.47 Å². The molecule has 2 amide bonds. The van der Waals surface area contributed by atoms with Crippen molar-refractivity contribution in [2.75, 3.05) is 11.9 Å². The lowest BCUT2D eigenvalue weighted by atomic mass is 10.2. The smallest absolute Gasteiger partial charge is 0.249 e. The number of rotatable bonds is 10. The van der Waals surface area contributed by atoms with Gasteiger partial charge in [0.05, 0.1) is 23.0 Å². The van der Waals surface area contributed by atoms with Gasteiger partial charge in [-0.1, -0.05) is 42.5 Å². The number of ether oxygens (including phenoxy) is 2. The van der Waals surface area contributed by atoms with Gasteiger partial charge in [0.15, 0.2) is 11.5 Å². The van der Waals surface area contributed by atoms with Gasteiger partial charge in [0.25, 0.3) is 0 Å². The Labute approximate surface area is 214 Å². The van der Waals surface area contributed by atoms with E-state index in [9.17, 15) is 9.59 Å². The summed E-state index contributed by atoms with van der Waals surface area (Å²) in [6, 6.07) is 20.6. The van der Waals surface area contributed by atoms with Crippen LogP contribution >= 0.6 is 31.9 Å². The second-order valence-electron chi connectivity index (χ2n) is 7.04. The molecule has 0 aliphatic carbocycles. The molecular formula is C25H23Br2N3O4. The van der Waals surface area contributed by atoms with Crippen molar-refractivity contribution in [2.45, 2.75) is 20.0 Å². The monoisotopic (exact) mass is 587 g/mol. The van der Waals surface area contributed by atoms with Crippen LogP contribution in [0.4, 0.5) is 5.69 Å². The molecule has 0 saturated carbocycles. The molecule has 34 heavy (non-hydrogen) atoms. The topological polar surface area (TPSA) is 89.0 Å². The second kappa shape index (κ2) is 12.9. The number of anilines is 1. The van der Waals surface area contributed by atoms with Crippen molar-refractivity contribution in [3.63, 3.8) is 0 Å². The lowest BCUT2D eigenvalue weighted by Crippen LogP contribution is -2.24. The van der Waals surface area contributed by atoms with E-state index in [2.05, 4.69) is 47.7 Å². The summed E-state index contributed by atoms with van der Waals surface area (Å²) in [5, 5.41) is 6.63. The first-order chi connectivity index (χ1) is 16.5. The molecule has 0 aliphatic heterocycles. The van der Waals surface area contributed by atoms with Crippen LogP contribution in [0.5, 0.6) is 11.5 Å². The zero-order valence-corrected chi connectivity index (χ0v) is 21.6. The van der Waals surface area contributed by atoms with E-state index < -0.39 is 11.8 Å². The van der Waals surface area contributed by atoms with Crippen LogP contribution in [-0.2, 0) is 16.2 Å². The molecule has 0 aliphatic rings.